The molecule has 0 unspecified atom stereocenters. The first kappa shape index (κ1) is 13.7. The van der Waals surface area contributed by atoms with Crippen LogP contribution < -0.4 is 10.6 Å². The Balaban J connectivity index is 2.42. The van der Waals surface area contributed by atoms with E-state index >= 15 is 0 Å². The van der Waals surface area contributed by atoms with Gasteiger partial charge in [0.1, 0.15) is 0 Å². The molecule has 1 aromatic carbocycles. The van der Waals surface area contributed by atoms with E-state index in [0.29, 0.717) is 12.5 Å². The zero-order chi connectivity index (χ0) is 12.8. The molecule has 0 spiro atoms. The van der Waals surface area contributed by atoms with E-state index in [4.69, 9.17) is 0 Å². The van der Waals surface area contributed by atoms with Crippen molar-refractivity contribution in [2.24, 2.45) is 5.92 Å². The summed E-state index contributed by atoms with van der Waals surface area (Å²) in [6.45, 7) is 9.57. The minimum Gasteiger partial charge on any atom is -0.325 e. The summed E-state index contributed by atoms with van der Waals surface area (Å²) in [7, 11) is 0. The number of hydrogen-bond donors (Lipinski definition) is 2. The highest BCUT2D eigenvalue weighted by Gasteiger charge is 2.03. The number of rotatable bonds is 5. The summed E-state index contributed by atoms with van der Waals surface area (Å²) in [5, 5.41) is 6.00. The zero-order valence-corrected chi connectivity index (χ0v) is 11.1. The molecule has 0 bridgehead atoms. The van der Waals surface area contributed by atoms with Gasteiger partial charge in [-0.15, -0.1) is 0 Å². The number of nitrogens with one attached hydrogen (secondary N) is 2. The van der Waals surface area contributed by atoms with Crippen molar-refractivity contribution in [1.29, 1.82) is 0 Å². The topological polar surface area (TPSA) is 41.1 Å². The lowest BCUT2D eigenvalue weighted by Crippen LogP contribution is -2.30. The maximum Gasteiger partial charge on any atom is 0.238 e. The van der Waals surface area contributed by atoms with Gasteiger partial charge >= 0.3 is 0 Å². The minimum atomic E-state index is 0.00824. The molecule has 1 aromatic rings. The largest absolute Gasteiger partial charge is 0.325 e. The minimum absolute atomic E-state index is 0.00824. The summed E-state index contributed by atoms with van der Waals surface area (Å²) >= 11 is 0. The van der Waals surface area contributed by atoms with Crippen LogP contribution >= 0.6 is 0 Å². The fourth-order valence-corrected chi connectivity index (χ4v) is 1.50. The van der Waals surface area contributed by atoms with Gasteiger partial charge in [0.15, 0.2) is 0 Å². The summed E-state index contributed by atoms with van der Waals surface area (Å²) in [5.74, 6) is 0.568. The molecule has 0 fully saturated rings. The van der Waals surface area contributed by atoms with Crippen LogP contribution in [0.4, 0.5) is 5.69 Å². The van der Waals surface area contributed by atoms with Crippen LogP contribution in [-0.4, -0.2) is 19.0 Å². The van der Waals surface area contributed by atoms with Crippen LogP contribution in [0.25, 0.3) is 0 Å². The van der Waals surface area contributed by atoms with Crippen LogP contribution in [0.1, 0.15) is 25.0 Å². The number of benzene rings is 1. The van der Waals surface area contributed by atoms with E-state index in [1.54, 1.807) is 0 Å². The van der Waals surface area contributed by atoms with Crippen molar-refractivity contribution >= 4 is 11.6 Å². The van der Waals surface area contributed by atoms with Crippen molar-refractivity contribution in [1.82, 2.24) is 5.32 Å². The molecule has 3 heteroatoms. The molecule has 0 aliphatic carbocycles. The molecule has 0 radical (unpaired) electrons. The highest BCUT2D eigenvalue weighted by Crippen LogP contribution is 2.13. The van der Waals surface area contributed by atoms with Gasteiger partial charge in [-0.05, 0) is 49.6 Å². The molecule has 17 heavy (non-hydrogen) atoms. The van der Waals surface area contributed by atoms with E-state index in [0.717, 1.165) is 12.2 Å². The van der Waals surface area contributed by atoms with Gasteiger partial charge in [0, 0.05) is 5.69 Å². The molecule has 3 nitrogen and oxygen atoms in total. The molecular weight excluding hydrogens is 212 g/mol. The Morgan fingerprint density at radius 1 is 1.24 bits per heavy atom. The van der Waals surface area contributed by atoms with Crippen molar-refractivity contribution in [3.63, 3.8) is 0 Å². The van der Waals surface area contributed by atoms with Crippen LogP contribution in [0.2, 0.25) is 0 Å². The SMILES string of the molecule is Cc1ccc(NC(=O)CNCC(C)C)cc1C. The first-order chi connectivity index (χ1) is 7.99. The van der Waals surface area contributed by atoms with E-state index < -0.39 is 0 Å². The average Bonchev–Trinajstić information content (AvgIpc) is 2.23. The summed E-state index contributed by atoms with van der Waals surface area (Å²) in [4.78, 5) is 11.6. The first-order valence-corrected chi connectivity index (χ1v) is 6.07. The summed E-state index contributed by atoms with van der Waals surface area (Å²) in [6.07, 6.45) is 0. The summed E-state index contributed by atoms with van der Waals surface area (Å²) < 4.78 is 0. The fraction of sp³-hybridized carbons (Fsp3) is 0.500. The first-order valence-electron chi connectivity index (χ1n) is 6.07. The Morgan fingerprint density at radius 2 is 1.94 bits per heavy atom. The third-order valence-electron chi connectivity index (χ3n) is 2.63. The molecule has 1 rings (SSSR count). The Bertz CT molecular complexity index is 386. The van der Waals surface area contributed by atoms with E-state index in [1.807, 2.05) is 25.1 Å². The van der Waals surface area contributed by atoms with Crippen LogP contribution in [0.5, 0.6) is 0 Å². The van der Waals surface area contributed by atoms with Crippen molar-refractivity contribution < 1.29 is 4.79 Å². The standard InChI is InChI=1S/C14H22N2O/c1-10(2)8-15-9-14(17)16-13-6-5-11(3)12(4)7-13/h5-7,10,15H,8-9H2,1-4H3,(H,16,17). The van der Waals surface area contributed by atoms with Crippen molar-refractivity contribution in [2.45, 2.75) is 27.7 Å². The predicted octanol–water partition coefficient (Wildman–Crippen LogP) is 2.49. The average molecular weight is 234 g/mol. The monoisotopic (exact) mass is 234 g/mol. The summed E-state index contributed by atoms with van der Waals surface area (Å²) in [5.41, 5.74) is 3.29. The number of aryl methyl sites for hydroxylation is 2. The Kier molecular flexibility index (Phi) is 5.16. The van der Waals surface area contributed by atoms with Gasteiger partial charge in [-0.3, -0.25) is 4.79 Å². The highest BCUT2D eigenvalue weighted by atomic mass is 16.1. The van der Waals surface area contributed by atoms with Crippen molar-refractivity contribution in [2.75, 3.05) is 18.4 Å². The van der Waals surface area contributed by atoms with Crippen LogP contribution in [0.15, 0.2) is 18.2 Å². The number of hydrogen-bond acceptors (Lipinski definition) is 2. The van der Waals surface area contributed by atoms with E-state index in [-0.39, 0.29) is 5.91 Å². The molecular formula is C14H22N2O. The molecule has 0 saturated heterocycles. The van der Waals surface area contributed by atoms with Crippen molar-refractivity contribution in [3.8, 4) is 0 Å². The number of carbonyl (C=O) groups excluding carboxylic acids is 1. The van der Waals surface area contributed by atoms with Gasteiger partial charge < -0.3 is 10.6 Å². The molecule has 0 saturated carbocycles. The zero-order valence-electron chi connectivity index (χ0n) is 11.1. The lowest BCUT2D eigenvalue weighted by molar-refractivity contribution is -0.115. The van der Waals surface area contributed by atoms with Gasteiger partial charge in [-0.25, -0.2) is 0 Å². The van der Waals surface area contributed by atoms with Crippen LogP contribution in [0.3, 0.4) is 0 Å². The molecule has 0 aliphatic heterocycles. The van der Waals surface area contributed by atoms with Crippen LogP contribution in [0, 0.1) is 19.8 Å². The van der Waals surface area contributed by atoms with Gasteiger partial charge in [-0.2, -0.15) is 0 Å². The number of amides is 1. The van der Waals surface area contributed by atoms with Gasteiger partial charge in [0.2, 0.25) is 5.91 Å². The van der Waals surface area contributed by atoms with Gasteiger partial charge in [0.05, 0.1) is 6.54 Å². The second kappa shape index (κ2) is 6.40. The van der Waals surface area contributed by atoms with Gasteiger partial charge in [0.25, 0.3) is 0 Å². The maximum absolute atomic E-state index is 11.6. The maximum atomic E-state index is 11.6. The highest BCUT2D eigenvalue weighted by molar-refractivity contribution is 5.92. The second-order valence-corrected chi connectivity index (χ2v) is 4.87. The van der Waals surface area contributed by atoms with Gasteiger partial charge in [-0.1, -0.05) is 19.9 Å². The second-order valence-electron chi connectivity index (χ2n) is 4.87. The Morgan fingerprint density at radius 3 is 2.53 bits per heavy atom. The molecule has 0 heterocycles. The van der Waals surface area contributed by atoms with E-state index in [1.165, 1.54) is 11.1 Å². The number of carbonyl (C=O) groups is 1. The smallest absolute Gasteiger partial charge is 0.238 e. The Hall–Kier alpha value is -1.35. The molecule has 2 N–H and O–H groups in total. The fourth-order valence-electron chi connectivity index (χ4n) is 1.50. The summed E-state index contributed by atoms with van der Waals surface area (Å²) in [6, 6.07) is 5.95. The predicted molar refractivity (Wildman–Crippen MR) is 72.3 cm³/mol. The molecule has 0 aromatic heterocycles. The number of anilines is 1. The lowest BCUT2D eigenvalue weighted by Gasteiger charge is -2.09. The normalized spacial score (nSPS) is 10.6. The quantitative estimate of drug-likeness (QED) is 0.822. The third-order valence-corrected chi connectivity index (χ3v) is 2.63. The van der Waals surface area contributed by atoms with E-state index in [2.05, 4.69) is 31.4 Å². The van der Waals surface area contributed by atoms with Crippen LogP contribution in [-0.2, 0) is 4.79 Å². The lowest BCUT2D eigenvalue weighted by atomic mass is 10.1. The third kappa shape index (κ3) is 5.00. The molecule has 1 amide bonds. The molecule has 0 atom stereocenters. The van der Waals surface area contributed by atoms with E-state index in [9.17, 15) is 4.79 Å². The Labute approximate surface area is 104 Å². The molecule has 94 valence electrons. The molecule has 0 aliphatic rings. The van der Waals surface area contributed by atoms with Crippen molar-refractivity contribution in [3.05, 3.63) is 29.3 Å².